The van der Waals surface area contributed by atoms with Crippen LogP contribution in [0.3, 0.4) is 0 Å². The van der Waals surface area contributed by atoms with Crippen molar-refractivity contribution in [3.63, 3.8) is 0 Å². The highest BCUT2D eigenvalue weighted by atomic mass is 32.2. The van der Waals surface area contributed by atoms with Crippen molar-refractivity contribution in [2.75, 3.05) is 11.9 Å². The van der Waals surface area contributed by atoms with Crippen molar-refractivity contribution in [2.45, 2.75) is 35.4 Å². The highest BCUT2D eigenvalue weighted by Gasteiger charge is 2.41. The van der Waals surface area contributed by atoms with Crippen LogP contribution in [0, 0.1) is 6.92 Å². The number of rotatable bonds is 8. The van der Waals surface area contributed by atoms with Gasteiger partial charge in [0.1, 0.15) is 11.8 Å². The second-order valence-electron chi connectivity index (χ2n) is 9.72. The first-order valence-electron chi connectivity index (χ1n) is 13.1. The molecule has 0 saturated carbocycles. The van der Waals surface area contributed by atoms with Gasteiger partial charge in [0.15, 0.2) is 10.2 Å². The minimum absolute atomic E-state index is 0.0748. The second-order valence-corrected chi connectivity index (χ2v) is 11.2. The number of nitrogens with one attached hydrogen (secondary N) is 2. The van der Waals surface area contributed by atoms with E-state index in [2.05, 4.69) is 46.8 Å². The van der Waals surface area contributed by atoms with Crippen LogP contribution in [0.1, 0.15) is 35.5 Å². The topological polar surface area (TPSA) is 70.4 Å². The first-order chi connectivity index (χ1) is 19.5. The van der Waals surface area contributed by atoms with Gasteiger partial charge in [-0.2, -0.15) is 0 Å². The molecule has 1 saturated heterocycles. The molecule has 8 heteroatoms. The zero-order valence-electron chi connectivity index (χ0n) is 21.9. The molecule has 1 aliphatic rings. The summed E-state index contributed by atoms with van der Waals surface area (Å²) in [5, 5.41) is 9.98. The van der Waals surface area contributed by atoms with Crippen LogP contribution in [0.2, 0.25) is 0 Å². The number of hydrogen-bond donors (Lipinski definition) is 2. The molecular weight excluding hydrogens is 537 g/mol. The Morgan fingerprint density at radius 2 is 1.80 bits per heavy atom. The van der Waals surface area contributed by atoms with Gasteiger partial charge in [-0.1, -0.05) is 71.9 Å². The van der Waals surface area contributed by atoms with E-state index in [1.165, 1.54) is 5.56 Å². The molecule has 2 N–H and O–H groups in total. The minimum Gasteiger partial charge on any atom is -0.452 e. The molecule has 3 heterocycles. The van der Waals surface area contributed by atoms with Gasteiger partial charge in [-0.15, -0.1) is 0 Å². The SMILES string of the molecule is Cc1ccc(Sc2ccc([C@H]3[C@@H](c4ccccn4)NC(=S)N3CCC(=O)Nc3cccc4ccccc34)o2)cc1. The monoisotopic (exact) mass is 564 g/mol. The summed E-state index contributed by atoms with van der Waals surface area (Å²) in [6.07, 6.45) is 2.04. The minimum atomic E-state index is -0.250. The smallest absolute Gasteiger partial charge is 0.226 e. The summed E-state index contributed by atoms with van der Waals surface area (Å²) in [6, 6.07) is 31.7. The van der Waals surface area contributed by atoms with Gasteiger partial charge in [0, 0.05) is 35.1 Å². The number of hydrogen-bond acceptors (Lipinski definition) is 5. The Hall–Kier alpha value is -4.14. The fourth-order valence-corrected chi connectivity index (χ4v) is 6.11. The van der Waals surface area contributed by atoms with Crippen molar-refractivity contribution in [3.8, 4) is 0 Å². The quantitative estimate of drug-likeness (QED) is 0.192. The zero-order valence-corrected chi connectivity index (χ0v) is 23.5. The van der Waals surface area contributed by atoms with E-state index in [0.717, 1.165) is 37.9 Å². The third-order valence-electron chi connectivity index (χ3n) is 6.97. The largest absolute Gasteiger partial charge is 0.452 e. The molecule has 2 aromatic heterocycles. The third kappa shape index (κ3) is 5.59. The molecule has 0 radical (unpaired) electrons. The Balaban J connectivity index is 1.22. The Kier molecular flexibility index (Phi) is 7.53. The number of amides is 1. The standard InChI is InChI=1S/C32H28N4O2S2/c1-21-12-14-23(15-13-21)40-29-17-16-27(38-29)31-30(26-10-4-5-19-33-26)35-32(39)36(31)20-18-28(37)34-25-11-6-8-22-7-2-3-9-24(22)25/h2-17,19,30-31H,18,20H2,1H3,(H,34,37)(H,35,39)/t30-,31+/m1/s1. The predicted molar refractivity (Wildman–Crippen MR) is 163 cm³/mol. The maximum atomic E-state index is 13.1. The summed E-state index contributed by atoms with van der Waals surface area (Å²) in [5.74, 6) is 0.696. The van der Waals surface area contributed by atoms with Crippen molar-refractivity contribution in [2.24, 2.45) is 0 Å². The van der Waals surface area contributed by atoms with E-state index in [1.807, 2.05) is 77.7 Å². The Bertz CT molecular complexity index is 1650. The average molecular weight is 565 g/mol. The van der Waals surface area contributed by atoms with Gasteiger partial charge < -0.3 is 20.0 Å². The fourth-order valence-electron chi connectivity index (χ4n) is 5.00. The Morgan fingerprint density at radius 1 is 1.00 bits per heavy atom. The number of carbonyl (C=O) groups excluding carboxylic acids is 1. The summed E-state index contributed by atoms with van der Waals surface area (Å²) in [6.45, 7) is 2.50. The normalized spacial score (nSPS) is 16.7. The van der Waals surface area contributed by atoms with Crippen molar-refractivity contribution < 1.29 is 9.21 Å². The molecule has 0 aliphatic carbocycles. The maximum absolute atomic E-state index is 13.1. The Morgan fingerprint density at radius 3 is 2.62 bits per heavy atom. The van der Waals surface area contributed by atoms with Crippen LogP contribution in [0.5, 0.6) is 0 Å². The average Bonchev–Trinajstić information content (AvgIpc) is 3.57. The Labute approximate surface area is 242 Å². The molecule has 200 valence electrons. The lowest BCUT2D eigenvalue weighted by Crippen LogP contribution is -2.32. The van der Waals surface area contributed by atoms with Crippen LogP contribution in [0.4, 0.5) is 5.69 Å². The van der Waals surface area contributed by atoms with Gasteiger partial charge in [0.2, 0.25) is 5.91 Å². The van der Waals surface area contributed by atoms with E-state index < -0.39 is 0 Å². The summed E-state index contributed by atoms with van der Waals surface area (Å²) in [7, 11) is 0. The molecule has 2 atom stereocenters. The molecule has 6 nitrogen and oxygen atoms in total. The summed E-state index contributed by atoms with van der Waals surface area (Å²) < 4.78 is 6.38. The van der Waals surface area contributed by atoms with E-state index in [-0.39, 0.29) is 24.4 Å². The van der Waals surface area contributed by atoms with Crippen LogP contribution < -0.4 is 10.6 Å². The number of nitrogens with zero attached hydrogens (tertiary/aromatic N) is 2. The van der Waals surface area contributed by atoms with Crippen LogP contribution in [0.25, 0.3) is 10.8 Å². The van der Waals surface area contributed by atoms with Gasteiger partial charge in [-0.05, 0) is 67.0 Å². The first-order valence-corrected chi connectivity index (χ1v) is 14.4. The molecule has 1 fully saturated rings. The van der Waals surface area contributed by atoms with Gasteiger partial charge in [-0.3, -0.25) is 9.78 Å². The number of thiocarbonyl (C=S) groups is 1. The molecule has 5 aromatic rings. The van der Waals surface area contributed by atoms with Crippen molar-refractivity contribution in [1.29, 1.82) is 0 Å². The van der Waals surface area contributed by atoms with Gasteiger partial charge in [0.25, 0.3) is 0 Å². The lowest BCUT2D eigenvalue weighted by Gasteiger charge is -2.25. The number of carbonyl (C=O) groups is 1. The molecule has 1 aliphatic heterocycles. The summed E-state index contributed by atoms with van der Waals surface area (Å²) in [4.78, 5) is 20.8. The van der Waals surface area contributed by atoms with Crippen LogP contribution >= 0.6 is 24.0 Å². The van der Waals surface area contributed by atoms with Crippen molar-refractivity contribution >= 4 is 51.5 Å². The highest BCUT2D eigenvalue weighted by Crippen LogP contribution is 2.41. The summed E-state index contributed by atoms with van der Waals surface area (Å²) >= 11 is 7.35. The van der Waals surface area contributed by atoms with E-state index in [9.17, 15) is 4.79 Å². The number of anilines is 1. The molecule has 3 aromatic carbocycles. The number of pyridine rings is 1. The van der Waals surface area contributed by atoms with E-state index in [1.54, 1.807) is 18.0 Å². The maximum Gasteiger partial charge on any atom is 0.226 e. The predicted octanol–water partition coefficient (Wildman–Crippen LogP) is 7.29. The van der Waals surface area contributed by atoms with Crippen LogP contribution in [-0.4, -0.2) is 27.4 Å². The molecule has 1 amide bonds. The first kappa shape index (κ1) is 26.1. The molecule has 40 heavy (non-hydrogen) atoms. The number of furan rings is 1. The third-order valence-corrected chi connectivity index (χ3v) is 8.26. The fraction of sp³-hybridized carbons (Fsp3) is 0.156. The van der Waals surface area contributed by atoms with Crippen LogP contribution in [0.15, 0.2) is 118 Å². The molecular formula is C32H28N4O2S2. The number of aryl methyl sites for hydroxylation is 1. The van der Waals surface area contributed by atoms with E-state index in [4.69, 9.17) is 16.6 Å². The molecule has 0 bridgehead atoms. The van der Waals surface area contributed by atoms with Gasteiger partial charge >= 0.3 is 0 Å². The van der Waals surface area contributed by atoms with Crippen LogP contribution in [-0.2, 0) is 4.79 Å². The lowest BCUT2D eigenvalue weighted by atomic mass is 10.0. The van der Waals surface area contributed by atoms with E-state index >= 15 is 0 Å². The molecule has 0 unspecified atom stereocenters. The van der Waals surface area contributed by atoms with Crippen molar-refractivity contribution in [1.82, 2.24) is 15.2 Å². The molecule has 0 spiro atoms. The molecule has 6 rings (SSSR count). The summed E-state index contributed by atoms with van der Waals surface area (Å²) in [5.41, 5.74) is 2.88. The highest BCUT2D eigenvalue weighted by molar-refractivity contribution is 7.99. The second kappa shape index (κ2) is 11.5. The van der Waals surface area contributed by atoms with Gasteiger partial charge in [0.05, 0.1) is 11.7 Å². The number of benzene rings is 3. The van der Waals surface area contributed by atoms with Crippen molar-refractivity contribution in [3.05, 3.63) is 120 Å². The number of aromatic nitrogens is 1. The number of fused-ring (bicyclic) bond motifs is 1. The zero-order chi connectivity index (χ0) is 27.5. The van der Waals surface area contributed by atoms with E-state index in [0.29, 0.717) is 11.7 Å². The van der Waals surface area contributed by atoms with Gasteiger partial charge in [-0.25, -0.2) is 0 Å². The lowest BCUT2D eigenvalue weighted by molar-refractivity contribution is -0.116.